The summed E-state index contributed by atoms with van der Waals surface area (Å²) in [6.07, 6.45) is 0. The van der Waals surface area contributed by atoms with Crippen LogP contribution in [0.15, 0.2) is 18.2 Å². The molecule has 0 saturated heterocycles. The average molecular weight is 287 g/mol. The Bertz CT molecular complexity index is 426. The number of carbonyl (C=O) groups excluding carboxylic acids is 1. The van der Waals surface area contributed by atoms with Crippen LogP contribution in [0.4, 0.5) is 0 Å². The zero-order valence-corrected chi connectivity index (χ0v) is 10.4. The first-order chi connectivity index (χ1) is 7.47. The number of carboxylic acid groups (broad SMARTS) is 1. The van der Waals surface area contributed by atoms with Gasteiger partial charge in [0.1, 0.15) is 5.75 Å². The maximum atomic E-state index is 11.8. The van der Waals surface area contributed by atoms with Crippen molar-refractivity contribution in [3.05, 3.63) is 29.3 Å². The van der Waals surface area contributed by atoms with Crippen LogP contribution in [0.3, 0.4) is 0 Å². The maximum absolute atomic E-state index is 11.8. The fourth-order valence-corrected chi connectivity index (χ4v) is 1.50. The maximum Gasteiger partial charge on any atom is 0.336 e. The largest absolute Gasteiger partial charge is 0.497 e. The summed E-state index contributed by atoms with van der Waals surface area (Å²) in [5.41, 5.74) is 0.133. The van der Waals surface area contributed by atoms with Crippen molar-refractivity contribution in [2.45, 2.75) is 11.8 Å². The molecule has 1 aromatic rings. The Kier molecular flexibility index (Phi) is 4.06. The number of alkyl halides is 1. The van der Waals surface area contributed by atoms with Crippen molar-refractivity contribution in [3.63, 3.8) is 0 Å². The Morgan fingerprint density at radius 1 is 1.38 bits per heavy atom. The molecule has 0 saturated carbocycles. The van der Waals surface area contributed by atoms with Crippen LogP contribution < -0.4 is 4.74 Å². The number of ketones is 1. The van der Waals surface area contributed by atoms with Crippen molar-refractivity contribution >= 4 is 27.7 Å². The minimum atomic E-state index is -1.13. The summed E-state index contributed by atoms with van der Waals surface area (Å²) in [6, 6.07) is 4.31. The average Bonchev–Trinajstić information content (AvgIpc) is 2.26. The molecular weight excluding hydrogens is 276 g/mol. The second-order valence-corrected chi connectivity index (χ2v) is 4.57. The van der Waals surface area contributed by atoms with Crippen molar-refractivity contribution in [1.82, 2.24) is 0 Å². The number of halogens is 1. The molecular formula is C11H11BrO4. The van der Waals surface area contributed by atoms with E-state index in [1.165, 1.54) is 25.3 Å². The number of hydrogen-bond acceptors (Lipinski definition) is 3. The third-order valence-electron chi connectivity index (χ3n) is 2.08. The molecule has 4 nitrogen and oxygen atoms in total. The first kappa shape index (κ1) is 12.7. The first-order valence-electron chi connectivity index (χ1n) is 4.57. The quantitative estimate of drug-likeness (QED) is 0.682. The zero-order valence-electron chi connectivity index (χ0n) is 8.86. The lowest BCUT2D eigenvalue weighted by Gasteiger charge is -2.08. The van der Waals surface area contributed by atoms with Crippen LogP contribution in [0.5, 0.6) is 5.75 Å². The van der Waals surface area contributed by atoms with E-state index in [4.69, 9.17) is 9.84 Å². The highest BCUT2D eigenvalue weighted by molar-refractivity contribution is 9.10. The van der Waals surface area contributed by atoms with Gasteiger partial charge in [0.2, 0.25) is 0 Å². The Morgan fingerprint density at radius 2 is 2.00 bits per heavy atom. The van der Waals surface area contributed by atoms with E-state index < -0.39 is 10.8 Å². The molecule has 0 aromatic heterocycles. The number of benzene rings is 1. The molecule has 1 atom stereocenters. The van der Waals surface area contributed by atoms with Gasteiger partial charge in [0.25, 0.3) is 0 Å². The SMILES string of the molecule is COc1ccc(C(=O)O)c(C(=O)C(C)Br)c1. The highest BCUT2D eigenvalue weighted by Gasteiger charge is 2.20. The van der Waals surface area contributed by atoms with Gasteiger partial charge < -0.3 is 9.84 Å². The van der Waals surface area contributed by atoms with Crippen molar-refractivity contribution in [1.29, 1.82) is 0 Å². The molecule has 0 radical (unpaired) electrons. The number of carboxylic acids is 1. The summed E-state index contributed by atoms with van der Waals surface area (Å²) in [6.45, 7) is 1.65. The van der Waals surface area contributed by atoms with Crippen LogP contribution in [-0.2, 0) is 0 Å². The van der Waals surface area contributed by atoms with Crippen LogP contribution in [0.25, 0.3) is 0 Å². The third-order valence-corrected chi connectivity index (χ3v) is 2.50. The van der Waals surface area contributed by atoms with E-state index in [1.807, 2.05) is 0 Å². The van der Waals surface area contributed by atoms with Crippen LogP contribution in [-0.4, -0.2) is 28.8 Å². The van der Waals surface area contributed by atoms with Gasteiger partial charge in [0.05, 0.1) is 17.5 Å². The number of Topliss-reactive ketones (excluding diaryl/α,β-unsaturated/α-hetero) is 1. The van der Waals surface area contributed by atoms with Crippen LogP contribution in [0.2, 0.25) is 0 Å². The molecule has 1 N–H and O–H groups in total. The normalized spacial score (nSPS) is 11.9. The third kappa shape index (κ3) is 2.61. The molecule has 0 spiro atoms. The van der Waals surface area contributed by atoms with Gasteiger partial charge in [-0.3, -0.25) is 4.79 Å². The van der Waals surface area contributed by atoms with Crippen LogP contribution in [0, 0.1) is 0 Å². The lowest BCUT2D eigenvalue weighted by molar-refractivity contribution is 0.0692. The van der Waals surface area contributed by atoms with E-state index in [-0.39, 0.29) is 16.9 Å². The number of methoxy groups -OCH3 is 1. The molecule has 86 valence electrons. The molecule has 0 amide bonds. The standard InChI is InChI=1S/C11H11BrO4/c1-6(12)10(13)9-5-7(16-2)3-4-8(9)11(14)15/h3-6H,1-2H3,(H,14,15). The van der Waals surface area contributed by atoms with E-state index in [1.54, 1.807) is 6.92 Å². The number of ether oxygens (including phenoxy) is 1. The van der Waals surface area contributed by atoms with Gasteiger partial charge in [-0.25, -0.2) is 4.79 Å². The van der Waals surface area contributed by atoms with Crippen molar-refractivity contribution in [3.8, 4) is 5.75 Å². The topological polar surface area (TPSA) is 63.6 Å². The molecule has 0 aliphatic heterocycles. The molecule has 1 aromatic carbocycles. The van der Waals surface area contributed by atoms with Gasteiger partial charge in [-0.05, 0) is 25.1 Å². The summed E-state index contributed by atoms with van der Waals surface area (Å²) in [7, 11) is 1.46. The summed E-state index contributed by atoms with van der Waals surface area (Å²) in [5.74, 6) is -0.947. The molecule has 0 bridgehead atoms. The monoisotopic (exact) mass is 286 g/mol. The second-order valence-electron chi connectivity index (χ2n) is 3.20. The van der Waals surface area contributed by atoms with E-state index >= 15 is 0 Å². The minimum absolute atomic E-state index is 0.0166. The van der Waals surface area contributed by atoms with Crippen LogP contribution in [0.1, 0.15) is 27.6 Å². The van der Waals surface area contributed by atoms with Crippen molar-refractivity contribution in [2.24, 2.45) is 0 Å². The summed E-state index contributed by atoms with van der Waals surface area (Å²) >= 11 is 3.12. The van der Waals surface area contributed by atoms with Gasteiger partial charge in [-0.2, -0.15) is 0 Å². The van der Waals surface area contributed by atoms with Gasteiger partial charge in [-0.15, -0.1) is 0 Å². The first-order valence-corrected chi connectivity index (χ1v) is 5.48. The van der Waals surface area contributed by atoms with Gasteiger partial charge in [0, 0.05) is 5.56 Å². The van der Waals surface area contributed by atoms with Gasteiger partial charge in [-0.1, -0.05) is 15.9 Å². The number of aromatic carboxylic acids is 1. The molecule has 0 fully saturated rings. The van der Waals surface area contributed by atoms with Crippen LogP contribution >= 0.6 is 15.9 Å². The fraction of sp³-hybridized carbons (Fsp3) is 0.273. The lowest BCUT2D eigenvalue weighted by Crippen LogP contribution is -2.15. The van der Waals surface area contributed by atoms with Crippen molar-refractivity contribution in [2.75, 3.05) is 7.11 Å². The van der Waals surface area contributed by atoms with E-state index in [2.05, 4.69) is 15.9 Å². The molecule has 5 heteroatoms. The second kappa shape index (κ2) is 5.12. The number of carbonyl (C=O) groups is 2. The molecule has 0 heterocycles. The van der Waals surface area contributed by atoms with E-state index in [0.717, 1.165) is 0 Å². The smallest absolute Gasteiger partial charge is 0.336 e. The van der Waals surface area contributed by atoms with E-state index in [0.29, 0.717) is 5.75 Å². The van der Waals surface area contributed by atoms with Crippen molar-refractivity contribution < 1.29 is 19.4 Å². The summed E-state index contributed by atoms with van der Waals surface area (Å²) in [5, 5.41) is 8.95. The highest BCUT2D eigenvalue weighted by Crippen LogP contribution is 2.21. The Balaban J connectivity index is 3.31. The van der Waals surface area contributed by atoms with Gasteiger partial charge >= 0.3 is 5.97 Å². The predicted molar refractivity (Wildman–Crippen MR) is 62.7 cm³/mol. The molecule has 0 aliphatic rings. The highest BCUT2D eigenvalue weighted by atomic mass is 79.9. The zero-order chi connectivity index (χ0) is 12.3. The van der Waals surface area contributed by atoms with E-state index in [9.17, 15) is 9.59 Å². The Labute approximate surface area is 101 Å². The fourth-order valence-electron chi connectivity index (χ4n) is 1.25. The summed E-state index contributed by atoms with van der Waals surface area (Å²) < 4.78 is 4.96. The predicted octanol–water partition coefficient (Wildman–Crippen LogP) is 2.36. The molecule has 1 rings (SSSR count). The minimum Gasteiger partial charge on any atom is -0.497 e. The Hall–Kier alpha value is -1.36. The molecule has 1 unspecified atom stereocenters. The number of rotatable bonds is 4. The number of hydrogen-bond donors (Lipinski definition) is 1. The lowest BCUT2D eigenvalue weighted by atomic mass is 10.0. The molecule has 0 aliphatic carbocycles. The summed E-state index contributed by atoms with van der Waals surface area (Å²) in [4.78, 5) is 22.3. The van der Waals surface area contributed by atoms with Gasteiger partial charge in [0.15, 0.2) is 5.78 Å². The molecule has 16 heavy (non-hydrogen) atoms. The Morgan fingerprint density at radius 3 is 2.44 bits per heavy atom.